The number of rotatable bonds is 6. The van der Waals surface area contributed by atoms with Gasteiger partial charge < -0.3 is 9.64 Å². The number of aryl methyl sites for hydroxylation is 1. The second-order valence-electron chi connectivity index (χ2n) is 7.21. The summed E-state index contributed by atoms with van der Waals surface area (Å²) in [7, 11) is -3.34. The van der Waals surface area contributed by atoms with E-state index in [-0.39, 0.29) is 11.9 Å². The fourth-order valence-corrected chi connectivity index (χ4v) is 4.83. The minimum Gasteiger partial charge on any atom is -0.379 e. The normalized spacial score (nSPS) is 21.7. The van der Waals surface area contributed by atoms with Crippen LogP contribution in [-0.2, 0) is 14.8 Å². The van der Waals surface area contributed by atoms with Gasteiger partial charge in [-0.15, -0.1) is 0 Å². The van der Waals surface area contributed by atoms with Gasteiger partial charge in [0.25, 0.3) is 5.91 Å². The molecular formula is C18H28N4O4S. The summed E-state index contributed by atoms with van der Waals surface area (Å²) < 4.78 is 31.6. The van der Waals surface area contributed by atoms with Gasteiger partial charge in [-0.1, -0.05) is 0 Å². The van der Waals surface area contributed by atoms with E-state index >= 15 is 0 Å². The zero-order chi connectivity index (χ0) is 19.4. The molecule has 1 atom stereocenters. The first-order valence-corrected chi connectivity index (χ1v) is 11.2. The van der Waals surface area contributed by atoms with Crippen LogP contribution in [0.2, 0.25) is 0 Å². The Balaban J connectivity index is 1.63. The summed E-state index contributed by atoms with van der Waals surface area (Å²) in [6.45, 7) is 7.00. The maximum Gasteiger partial charge on any atom is 0.254 e. The van der Waals surface area contributed by atoms with E-state index in [1.54, 1.807) is 27.5 Å². The number of carbonyl (C=O) groups is 1. The van der Waals surface area contributed by atoms with Crippen LogP contribution in [0.3, 0.4) is 0 Å². The zero-order valence-corrected chi connectivity index (χ0v) is 16.8. The lowest BCUT2D eigenvalue weighted by Crippen LogP contribution is -2.47. The molecule has 3 rings (SSSR count). The average Bonchev–Trinajstić information content (AvgIpc) is 3.10. The highest BCUT2D eigenvalue weighted by molar-refractivity contribution is 7.88. The van der Waals surface area contributed by atoms with Crippen molar-refractivity contribution in [3.8, 4) is 0 Å². The number of sulfonamides is 1. The van der Waals surface area contributed by atoms with Crippen LogP contribution in [-0.4, -0.2) is 98.2 Å². The first-order chi connectivity index (χ1) is 12.8. The SMILES string of the molecule is Cc1cc(C(=O)N2CCC(N(CCN3CCOCC3)S(C)(=O)=O)C2)ccn1. The number of morpholine rings is 1. The highest BCUT2D eigenvalue weighted by Crippen LogP contribution is 2.20. The lowest BCUT2D eigenvalue weighted by molar-refractivity contribution is 0.0353. The Bertz CT molecular complexity index is 764. The largest absolute Gasteiger partial charge is 0.379 e. The Hall–Kier alpha value is -1.55. The molecule has 1 amide bonds. The molecule has 9 heteroatoms. The third kappa shape index (κ3) is 5.25. The van der Waals surface area contributed by atoms with Gasteiger partial charge in [0.1, 0.15) is 0 Å². The van der Waals surface area contributed by atoms with Crippen LogP contribution in [0.1, 0.15) is 22.5 Å². The fraction of sp³-hybridized carbons (Fsp3) is 0.667. The van der Waals surface area contributed by atoms with Crippen molar-refractivity contribution in [1.82, 2.24) is 19.1 Å². The van der Waals surface area contributed by atoms with E-state index in [1.165, 1.54) is 6.26 Å². The van der Waals surface area contributed by atoms with E-state index in [4.69, 9.17) is 4.74 Å². The number of nitrogens with zero attached hydrogens (tertiary/aromatic N) is 4. The summed E-state index contributed by atoms with van der Waals surface area (Å²) in [5, 5.41) is 0. The number of carbonyl (C=O) groups excluding carboxylic acids is 1. The first kappa shape index (κ1) is 20.2. The fourth-order valence-electron chi connectivity index (χ4n) is 3.71. The number of likely N-dealkylation sites (tertiary alicyclic amines) is 1. The molecule has 1 unspecified atom stereocenters. The molecule has 2 aliphatic rings. The van der Waals surface area contributed by atoms with E-state index < -0.39 is 10.0 Å². The van der Waals surface area contributed by atoms with E-state index in [1.807, 2.05) is 6.92 Å². The van der Waals surface area contributed by atoms with E-state index in [0.29, 0.717) is 51.4 Å². The molecule has 0 saturated carbocycles. The maximum absolute atomic E-state index is 12.7. The molecule has 2 saturated heterocycles. The van der Waals surface area contributed by atoms with Gasteiger partial charge in [-0.25, -0.2) is 8.42 Å². The number of hydrogen-bond acceptors (Lipinski definition) is 6. The Morgan fingerprint density at radius 1 is 1.33 bits per heavy atom. The second kappa shape index (κ2) is 8.64. The molecule has 1 aromatic rings. The van der Waals surface area contributed by atoms with Crippen molar-refractivity contribution < 1.29 is 17.9 Å². The molecule has 2 aliphatic heterocycles. The minimum atomic E-state index is -3.34. The molecule has 0 N–H and O–H groups in total. The van der Waals surface area contributed by atoms with Gasteiger partial charge >= 0.3 is 0 Å². The van der Waals surface area contributed by atoms with Crippen LogP contribution < -0.4 is 0 Å². The first-order valence-electron chi connectivity index (χ1n) is 9.33. The Labute approximate surface area is 161 Å². The van der Waals surface area contributed by atoms with E-state index in [9.17, 15) is 13.2 Å². The molecule has 0 spiro atoms. The summed E-state index contributed by atoms with van der Waals surface area (Å²) in [5.41, 5.74) is 1.39. The van der Waals surface area contributed by atoms with Gasteiger partial charge in [-0.05, 0) is 25.5 Å². The molecular weight excluding hydrogens is 368 g/mol. The number of aromatic nitrogens is 1. The predicted molar refractivity (Wildman–Crippen MR) is 102 cm³/mol. The van der Waals surface area contributed by atoms with Gasteiger partial charge in [-0.2, -0.15) is 4.31 Å². The maximum atomic E-state index is 12.7. The average molecular weight is 397 g/mol. The monoisotopic (exact) mass is 396 g/mol. The molecule has 0 bridgehead atoms. The molecule has 0 radical (unpaired) electrons. The number of hydrogen-bond donors (Lipinski definition) is 0. The summed E-state index contributed by atoms with van der Waals surface area (Å²) in [4.78, 5) is 20.8. The lowest BCUT2D eigenvalue weighted by Gasteiger charge is -2.31. The third-order valence-corrected chi connectivity index (χ3v) is 6.50. The molecule has 27 heavy (non-hydrogen) atoms. The van der Waals surface area contributed by atoms with Gasteiger partial charge in [0, 0.05) is 62.8 Å². The zero-order valence-electron chi connectivity index (χ0n) is 16.0. The van der Waals surface area contributed by atoms with E-state index in [2.05, 4.69) is 9.88 Å². The molecule has 150 valence electrons. The summed E-state index contributed by atoms with van der Waals surface area (Å²) in [5.74, 6) is -0.0652. The van der Waals surface area contributed by atoms with Crippen molar-refractivity contribution in [2.75, 3.05) is 58.7 Å². The van der Waals surface area contributed by atoms with Gasteiger partial charge in [0.15, 0.2) is 0 Å². The highest BCUT2D eigenvalue weighted by Gasteiger charge is 2.35. The number of pyridine rings is 1. The Morgan fingerprint density at radius 3 is 2.74 bits per heavy atom. The molecule has 2 fully saturated rings. The quantitative estimate of drug-likeness (QED) is 0.683. The van der Waals surface area contributed by atoms with Crippen molar-refractivity contribution in [1.29, 1.82) is 0 Å². The van der Waals surface area contributed by atoms with Crippen LogP contribution in [0.4, 0.5) is 0 Å². The highest BCUT2D eigenvalue weighted by atomic mass is 32.2. The third-order valence-electron chi connectivity index (χ3n) is 5.17. The van der Waals surface area contributed by atoms with Crippen molar-refractivity contribution in [2.45, 2.75) is 19.4 Å². The van der Waals surface area contributed by atoms with E-state index in [0.717, 1.165) is 18.8 Å². The smallest absolute Gasteiger partial charge is 0.254 e. The summed E-state index contributed by atoms with van der Waals surface area (Å²) in [6.07, 6.45) is 3.54. The predicted octanol–water partition coefficient (Wildman–Crippen LogP) is 0.198. The van der Waals surface area contributed by atoms with Crippen molar-refractivity contribution in [3.63, 3.8) is 0 Å². The van der Waals surface area contributed by atoms with Crippen LogP contribution in [0.15, 0.2) is 18.3 Å². The van der Waals surface area contributed by atoms with Crippen LogP contribution in [0.25, 0.3) is 0 Å². The number of amides is 1. The Morgan fingerprint density at radius 2 is 2.07 bits per heavy atom. The van der Waals surface area contributed by atoms with Crippen molar-refractivity contribution >= 4 is 15.9 Å². The number of ether oxygens (including phenoxy) is 1. The van der Waals surface area contributed by atoms with Crippen molar-refractivity contribution in [2.24, 2.45) is 0 Å². The minimum absolute atomic E-state index is 0.0652. The van der Waals surface area contributed by atoms with Gasteiger partial charge in [0.2, 0.25) is 10.0 Å². The molecule has 1 aromatic heterocycles. The molecule has 3 heterocycles. The van der Waals surface area contributed by atoms with Crippen LogP contribution in [0.5, 0.6) is 0 Å². The summed E-state index contributed by atoms with van der Waals surface area (Å²) in [6, 6.07) is 3.30. The standard InChI is InChI=1S/C18H28N4O4S/c1-15-13-16(3-5-19-15)18(23)21-6-4-17(14-21)22(27(2,24)25)8-7-20-9-11-26-12-10-20/h3,5,13,17H,4,6-12,14H2,1-2H3. The molecule has 0 aromatic carbocycles. The van der Waals surface area contributed by atoms with Crippen molar-refractivity contribution in [3.05, 3.63) is 29.6 Å². The molecule has 8 nitrogen and oxygen atoms in total. The van der Waals surface area contributed by atoms with Crippen LogP contribution in [0, 0.1) is 6.92 Å². The van der Waals surface area contributed by atoms with Gasteiger partial charge in [-0.3, -0.25) is 14.7 Å². The topological polar surface area (TPSA) is 83.1 Å². The molecule has 0 aliphatic carbocycles. The Kier molecular flexibility index (Phi) is 6.46. The second-order valence-corrected chi connectivity index (χ2v) is 9.14. The summed E-state index contributed by atoms with van der Waals surface area (Å²) >= 11 is 0. The lowest BCUT2D eigenvalue weighted by atomic mass is 10.2. The van der Waals surface area contributed by atoms with Crippen LogP contribution >= 0.6 is 0 Å². The van der Waals surface area contributed by atoms with Gasteiger partial charge in [0.05, 0.1) is 19.5 Å².